The van der Waals surface area contributed by atoms with Crippen molar-refractivity contribution in [2.24, 2.45) is 9.98 Å². The molecule has 128 heavy (non-hydrogen) atoms. The fraction of sp³-hybridized carbons (Fsp3) is 0.0952. The number of nitrogens with zero attached hydrogens (tertiary/aromatic N) is 20. The molecule has 0 spiro atoms. The van der Waals surface area contributed by atoms with Crippen molar-refractivity contribution < 1.29 is 0 Å². The van der Waals surface area contributed by atoms with Crippen LogP contribution in [0, 0.1) is 29.8 Å². The van der Waals surface area contributed by atoms with Gasteiger partial charge in [0.1, 0.15) is 29.2 Å². The Hall–Kier alpha value is -15.5. The fourth-order valence-electron chi connectivity index (χ4n) is 17.0. The molecule has 9 aromatic carbocycles. The number of pyridine rings is 5. The third-order valence-corrected chi connectivity index (χ3v) is 24.7. The van der Waals surface area contributed by atoms with Gasteiger partial charge in [0.05, 0.1) is 79.2 Å². The molecule has 2 aliphatic rings. The van der Waals surface area contributed by atoms with Crippen LogP contribution in [0.5, 0.6) is 0 Å². The second kappa shape index (κ2) is 38.8. The van der Waals surface area contributed by atoms with E-state index in [1.54, 1.807) is 28.0 Å². The molecule has 0 aliphatic carbocycles. The highest BCUT2D eigenvalue weighted by Gasteiger charge is 2.44. The van der Waals surface area contributed by atoms with E-state index in [0.29, 0.717) is 6.54 Å². The van der Waals surface area contributed by atoms with Gasteiger partial charge in [0.2, 0.25) is 0 Å². The molecule has 0 bridgehead atoms. The highest BCUT2D eigenvalue weighted by atomic mass is 127. The first-order valence-corrected chi connectivity index (χ1v) is 43.5. The van der Waals surface area contributed by atoms with Gasteiger partial charge in [-0.2, -0.15) is 41.1 Å². The molecule has 22 rings (SSSR count). The number of halogens is 2. The lowest BCUT2D eigenvalue weighted by molar-refractivity contribution is 0.472. The Morgan fingerprint density at radius 1 is 0.367 bits per heavy atom. The lowest BCUT2D eigenvalue weighted by Gasteiger charge is -2.36. The van der Waals surface area contributed by atoms with Crippen molar-refractivity contribution >= 4 is 90.7 Å². The summed E-state index contributed by atoms with van der Waals surface area (Å²) in [6.45, 7) is 3.58. The van der Waals surface area contributed by atoms with Crippen molar-refractivity contribution in [3.05, 3.63) is 470 Å². The minimum atomic E-state index is -0.748. The summed E-state index contributed by atoms with van der Waals surface area (Å²) in [5, 5.41) is 51.6. The molecule has 622 valence electrons. The Balaban J connectivity index is 0.000000117. The molecule has 0 saturated heterocycles. The number of aromatic nitrogens is 17. The van der Waals surface area contributed by atoms with Gasteiger partial charge in [-0.3, -0.25) is 34.4 Å². The average molecular weight is 1890 g/mol. The number of nitriles is 2. The summed E-state index contributed by atoms with van der Waals surface area (Å²) in [4.78, 5) is 31.3. The summed E-state index contributed by atoms with van der Waals surface area (Å²) in [7, 11) is 0. The second-order valence-electron chi connectivity index (χ2n) is 30.0. The van der Waals surface area contributed by atoms with Crippen molar-refractivity contribution in [3.63, 3.8) is 0 Å². The summed E-state index contributed by atoms with van der Waals surface area (Å²) in [5.41, 5.74) is 20.8. The van der Waals surface area contributed by atoms with E-state index in [4.69, 9.17) is 40.8 Å². The van der Waals surface area contributed by atoms with E-state index in [0.717, 1.165) is 150 Å². The zero-order chi connectivity index (χ0) is 86.4. The monoisotopic (exact) mass is 1890 g/mol. The van der Waals surface area contributed by atoms with Crippen LogP contribution in [-0.4, -0.2) is 96.4 Å². The lowest BCUT2D eigenvalue weighted by Crippen LogP contribution is -2.38. The first-order valence-electron chi connectivity index (χ1n) is 41.3. The molecule has 0 saturated carbocycles. The van der Waals surface area contributed by atoms with Gasteiger partial charge in [0, 0.05) is 108 Å². The Morgan fingerprint density at radius 3 is 1.10 bits per heavy atom. The van der Waals surface area contributed by atoms with E-state index in [-0.39, 0.29) is 20.0 Å². The predicted molar refractivity (Wildman–Crippen MR) is 520 cm³/mol. The van der Waals surface area contributed by atoms with Gasteiger partial charge in [0.15, 0.2) is 16.9 Å². The van der Waals surface area contributed by atoms with E-state index in [1.165, 1.54) is 9.13 Å². The van der Waals surface area contributed by atoms with E-state index >= 15 is 0 Å². The number of H-pyrrole nitrogens is 1. The van der Waals surface area contributed by atoms with Crippen molar-refractivity contribution in [2.45, 2.75) is 63.1 Å². The third-order valence-electron chi connectivity index (χ3n) is 22.8. The van der Waals surface area contributed by atoms with Crippen molar-refractivity contribution in [1.29, 1.82) is 10.5 Å². The van der Waals surface area contributed by atoms with Crippen LogP contribution in [0.2, 0.25) is 0 Å². The molecular formula is C105H83I2N21. The first kappa shape index (κ1) is 84.8. The molecule has 21 nitrogen and oxygen atoms in total. The first-order chi connectivity index (χ1) is 62.7. The molecule has 0 fully saturated rings. The maximum Gasteiger partial charge on any atom is 0.160 e. The van der Waals surface area contributed by atoms with Gasteiger partial charge in [0.25, 0.3) is 0 Å². The number of fused-ring (bicyclic) bond motifs is 5. The number of nitrogens with one attached hydrogen (secondary N) is 1. The number of hydrogen-bond acceptors (Lipinski definition) is 15. The molecule has 1 atom stereocenters. The molecule has 13 heterocycles. The average Bonchev–Trinajstić information content (AvgIpc) is 1.48. The molecule has 1 N–H and O–H groups in total. The molecule has 0 amide bonds. The Bertz CT molecular complexity index is 6990. The molecule has 1 unspecified atom stereocenters. The zero-order valence-electron chi connectivity index (χ0n) is 68.7. The van der Waals surface area contributed by atoms with Crippen LogP contribution in [-0.2, 0) is 36.3 Å². The smallest absolute Gasteiger partial charge is 0.160 e. The summed E-state index contributed by atoms with van der Waals surface area (Å²) in [6, 6.07) is 109. The SMILES string of the molecule is C.CCC(C#N)n1cc(-c2ccnc3c2C=NC3)cn1.Ic1ccnc2c1C=NC2.Ic1ccnc2c1cnn2C(c1ccccc1)(c1ccccc1)c1ccccc1.N#CCn1cc(-c2ccnc3c2cnn3C(c2ccccc2)(c2ccccc2)c2ccccc2)cn1.c1ccc(C(c2ccccc2)(c2ccccc2)n2ncc3c(-c4cn[nH]c4)ccnc32)cc1. The summed E-state index contributed by atoms with van der Waals surface area (Å²) in [5.74, 6) is 0. The Labute approximate surface area is 767 Å². The highest BCUT2D eigenvalue weighted by molar-refractivity contribution is 14.1. The lowest BCUT2D eigenvalue weighted by atomic mass is 9.77. The number of benzene rings is 9. The van der Waals surface area contributed by atoms with Crippen LogP contribution >= 0.6 is 45.2 Å². The molecule has 0 radical (unpaired) electrons. The zero-order valence-corrected chi connectivity index (χ0v) is 73.0. The number of rotatable bonds is 18. The minimum Gasteiger partial charge on any atom is -0.286 e. The van der Waals surface area contributed by atoms with E-state index < -0.39 is 16.6 Å². The van der Waals surface area contributed by atoms with Crippen molar-refractivity contribution in [2.75, 3.05) is 0 Å². The standard InChI is InChI=1S/C30H22N6.C28H21N5.C25H18IN3.C14H13N5.C7H5IN2.CH4/c31-17-19-35-22-23(20-33-35)27-16-18-32-29-28(27)21-34-36(29)30(24-10-4-1-5-11-24,25-12-6-2-7-13-25)26-14-8-3-9-15-26;1-4-10-22(11-5-1)28(23-12-6-2-7-13-23,24-14-8-3-9-15-24)33-27-26(20-32-33)25(16-17-29-27)21-18-30-31-19-21;26-23-16-17-27-24-22(23)18-28-29(24)25(19-10-4-1-5-11-19,20-12-6-2-7-13-20)21-14-8-3-9-15-21;1-2-11(5-15)19-9-10(6-18-19)12-3-4-17-14-8-16-7-13(12)14;8-6-1-2-10-7-4-9-3-5(6)7;/h1-16,18,20-22H,19H2;1-20H,(H,30,31);1-18H;3-4,6-7,9,11H,2,8H2,1H3;1-3H,4H2;1H4. The quantitative estimate of drug-likeness (QED) is 0.0620. The molecular weight excluding hydrogens is 1810 g/mol. The second-order valence-corrected chi connectivity index (χ2v) is 32.3. The fourth-order valence-corrected chi connectivity index (χ4v) is 18.1. The highest BCUT2D eigenvalue weighted by Crippen LogP contribution is 2.47. The topological polar surface area (TPSA) is 255 Å². The maximum atomic E-state index is 9.07. The van der Waals surface area contributed by atoms with Crippen LogP contribution in [0.15, 0.2) is 400 Å². The summed E-state index contributed by atoms with van der Waals surface area (Å²) < 4.78 is 11.9. The van der Waals surface area contributed by atoms with E-state index in [1.807, 2.05) is 177 Å². The van der Waals surface area contributed by atoms with E-state index in [9.17, 15) is 0 Å². The molecule has 2 aliphatic heterocycles. The maximum absolute atomic E-state index is 9.07. The van der Waals surface area contributed by atoms with Gasteiger partial charge < -0.3 is 0 Å². The van der Waals surface area contributed by atoms with Crippen LogP contribution in [0.4, 0.5) is 0 Å². The van der Waals surface area contributed by atoms with Gasteiger partial charge in [-0.05, 0) is 149 Å². The van der Waals surface area contributed by atoms with Crippen LogP contribution in [0.3, 0.4) is 0 Å². The number of aromatic amines is 1. The van der Waals surface area contributed by atoms with Crippen LogP contribution in [0.25, 0.3) is 66.5 Å². The normalized spacial score (nSPS) is 12.0. The van der Waals surface area contributed by atoms with Gasteiger partial charge in [-0.15, -0.1) is 0 Å². The van der Waals surface area contributed by atoms with Gasteiger partial charge in [-0.25, -0.2) is 29.0 Å². The Kier molecular flexibility index (Phi) is 25.7. The molecule has 11 aromatic heterocycles. The van der Waals surface area contributed by atoms with E-state index in [2.05, 4.69) is 325 Å². The number of hydrogen-bond donors (Lipinski definition) is 1. The molecule has 20 aromatic rings. The van der Waals surface area contributed by atoms with Crippen molar-refractivity contribution in [3.8, 4) is 45.5 Å². The summed E-state index contributed by atoms with van der Waals surface area (Å²) in [6.07, 6.45) is 30.4. The number of aliphatic imine (C=N–C) groups is 2. The third kappa shape index (κ3) is 16.3. The molecule has 23 heteroatoms. The Morgan fingerprint density at radius 2 is 0.711 bits per heavy atom. The predicted octanol–water partition coefficient (Wildman–Crippen LogP) is 21.8. The van der Waals surface area contributed by atoms with Gasteiger partial charge >= 0.3 is 0 Å². The van der Waals surface area contributed by atoms with Gasteiger partial charge in [-0.1, -0.05) is 287 Å². The van der Waals surface area contributed by atoms with Crippen molar-refractivity contribution in [1.82, 2.24) is 84.0 Å². The van der Waals surface area contributed by atoms with Crippen LogP contribution in [0.1, 0.15) is 99.4 Å². The summed E-state index contributed by atoms with van der Waals surface area (Å²) >= 11 is 4.65. The van der Waals surface area contributed by atoms with Crippen LogP contribution < -0.4 is 0 Å². The largest absolute Gasteiger partial charge is 0.286 e. The minimum absolute atomic E-state index is 0.